The Kier molecular flexibility index (Phi) is 1.16. The van der Waals surface area contributed by atoms with Crippen molar-refractivity contribution in [2.75, 3.05) is 0 Å². The van der Waals surface area contributed by atoms with Crippen molar-refractivity contribution >= 4 is 10.9 Å². The van der Waals surface area contributed by atoms with Gasteiger partial charge in [-0.15, -0.1) is 0 Å². The molecule has 2 nitrogen and oxygen atoms in total. The van der Waals surface area contributed by atoms with Crippen molar-refractivity contribution in [1.29, 1.82) is 5.26 Å². The first-order valence-electron chi connectivity index (χ1n) is 3.29. The lowest BCUT2D eigenvalue weighted by Gasteiger charge is -1.82. The van der Waals surface area contributed by atoms with Crippen LogP contribution < -0.4 is 0 Å². The highest BCUT2D eigenvalue weighted by atomic mass is 14.7. The molecule has 0 saturated heterocycles. The molecule has 0 fully saturated rings. The summed E-state index contributed by atoms with van der Waals surface area (Å²) < 4.78 is 0. The topological polar surface area (TPSA) is 39.6 Å². The van der Waals surface area contributed by atoms with Gasteiger partial charge in [0.2, 0.25) is 0 Å². The smallest absolute Gasteiger partial charge is 0.118 e. The molecule has 0 aliphatic carbocycles. The van der Waals surface area contributed by atoms with Crippen molar-refractivity contribution < 1.29 is 0 Å². The maximum atomic E-state index is 8.55. The fraction of sp³-hybridized carbons (Fsp3) is 0. The second-order valence-electron chi connectivity index (χ2n) is 2.31. The molecule has 0 aliphatic rings. The van der Waals surface area contributed by atoms with Gasteiger partial charge in [-0.1, -0.05) is 6.07 Å². The van der Waals surface area contributed by atoms with E-state index in [-0.39, 0.29) is 0 Å². The molecule has 0 aliphatic heterocycles. The number of nitrogens with zero attached hydrogens (tertiary/aromatic N) is 1. The summed E-state index contributed by atoms with van der Waals surface area (Å²) in [6.45, 7) is 0. The van der Waals surface area contributed by atoms with Crippen LogP contribution in [0.2, 0.25) is 0 Å². The van der Waals surface area contributed by atoms with E-state index in [0.717, 1.165) is 10.9 Å². The van der Waals surface area contributed by atoms with Gasteiger partial charge in [0.15, 0.2) is 0 Å². The molecule has 1 radical (unpaired) electrons. The van der Waals surface area contributed by atoms with Gasteiger partial charge in [0.1, 0.15) is 11.8 Å². The molecule has 0 atom stereocenters. The summed E-state index contributed by atoms with van der Waals surface area (Å²) in [4.78, 5) is 2.96. The molecule has 11 heavy (non-hydrogen) atoms. The monoisotopic (exact) mass is 141 g/mol. The highest BCUT2D eigenvalue weighted by molar-refractivity contribution is 5.80. The lowest BCUT2D eigenvalue weighted by molar-refractivity contribution is 1.37. The second-order valence-corrected chi connectivity index (χ2v) is 2.31. The molecule has 0 saturated carbocycles. The summed E-state index contributed by atoms with van der Waals surface area (Å²) in [7, 11) is 0. The number of H-pyrrole nitrogens is 1. The molecule has 1 aromatic carbocycles. The normalized spacial score (nSPS) is 9.73. The highest BCUT2D eigenvalue weighted by Gasteiger charge is 1.96. The van der Waals surface area contributed by atoms with Gasteiger partial charge < -0.3 is 4.98 Å². The molecule has 2 rings (SSSR count). The summed E-state index contributed by atoms with van der Waals surface area (Å²) in [5.41, 5.74) is 1.58. The maximum absolute atomic E-state index is 8.55. The molecule has 1 N–H and O–H groups in total. The standard InChI is InChI=1S/C9H5N2/c10-6-8-5-7-3-1-2-4-9(7)11-8/h2-5,11H. The first-order chi connectivity index (χ1) is 5.40. The Balaban J connectivity index is 2.81. The van der Waals surface area contributed by atoms with Gasteiger partial charge in [0, 0.05) is 10.9 Å². The Morgan fingerprint density at radius 2 is 2.45 bits per heavy atom. The van der Waals surface area contributed by atoms with Gasteiger partial charge in [-0.3, -0.25) is 0 Å². The summed E-state index contributed by atoms with van der Waals surface area (Å²) in [6, 6.07) is 12.4. The van der Waals surface area contributed by atoms with Crippen molar-refractivity contribution in [3.05, 3.63) is 36.0 Å². The van der Waals surface area contributed by atoms with Crippen molar-refractivity contribution in [1.82, 2.24) is 4.98 Å². The Hall–Kier alpha value is -1.75. The van der Waals surface area contributed by atoms with Gasteiger partial charge in [-0.25, -0.2) is 0 Å². The Bertz CT molecular complexity index is 387. The number of rotatable bonds is 0. The minimum Gasteiger partial charge on any atom is -0.346 e. The molecular weight excluding hydrogens is 136 g/mol. The number of aromatic nitrogens is 1. The van der Waals surface area contributed by atoms with Crippen LogP contribution in [0.3, 0.4) is 0 Å². The van der Waals surface area contributed by atoms with Crippen molar-refractivity contribution in [3.8, 4) is 6.07 Å². The van der Waals surface area contributed by atoms with Crippen LogP contribution in [0.5, 0.6) is 0 Å². The zero-order valence-corrected chi connectivity index (χ0v) is 5.76. The number of nitriles is 1. The SMILES string of the molecule is N#Cc1cc2c[c]ccc2[nH]1. The minimum absolute atomic E-state index is 0.597. The largest absolute Gasteiger partial charge is 0.346 e. The minimum atomic E-state index is 0.597. The van der Waals surface area contributed by atoms with Crippen LogP contribution in [-0.2, 0) is 0 Å². The summed E-state index contributed by atoms with van der Waals surface area (Å²) in [5, 5.41) is 9.58. The molecular formula is C9H5N2. The van der Waals surface area contributed by atoms with Crippen LogP contribution in [0, 0.1) is 17.4 Å². The quantitative estimate of drug-likeness (QED) is 0.597. The lowest BCUT2D eigenvalue weighted by Crippen LogP contribution is -1.67. The van der Waals surface area contributed by atoms with Crippen LogP contribution in [0.25, 0.3) is 10.9 Å². The molecule has 2 heteroatoms. The zero-order chi connectivity index (χ0) is 7.68. The van der Waals surface area contributed by atoms with Crippen molar-refractivity contribution in [2.45, 2.75) is 0 Å². The van der Waals surface area contributed by atoms with E-state index >= 15 is 0 Å². The first-order valence-corrected chi connectivity index (χ1v) is 3.29. The third-order valence-corrected chi connectivity index (χ3v) is 1.59. The van der Waals surface area contributed by atoms with Crippen molar-refractivity contribution in [2.24, 2.45) is 0 Å². The van der Waals surface area contributed by atoms with E-state index < -0.39 is 0 Å². The number of hydrogen-bond donors (Lipinski definition) is 1. The van der Waals surface area contributed by atoms with Crippen LogP contribution in [-0.4, -0.2) is 4.98 Å². The van der Waals surface area contributed by atoms with Crippen LogP contribution in [0.4, 0.5) is 0 Å². The Morgan fingerprint density at radius 3 is 3.18 bits per heavy atom. The molecule has 0 bridgehead atoms. The molecule has 1 aromatic heterocycles. The highest BCUT2D eigenvalue weighted by Crippen LogP contribution is 2.12. The molecule has 1 heterocycles. The molecule has 51 valence electrons. The third-order valence-electron chi connectivity index (χ3n) is 1.59. The van der Waals surface area contributed by atoms with E-state index in [1.807, 2.05) is 30.3 Å². The van der Waals surface area contributed by atoms with E-state index in [1.165, 1.54) is 0 Å². The predicted molar refractivity (Wildman–Crippen MR) is 41.8 cm³/mol. The number of benzene rings is 1. The Morgan fingerprint density at radius 1 is 1.55 bits per heavy atom. The molecule has 2 aromatic rings. The summed E-state index contributed by atoms with van der Waals surface area (Å²) in [6.07, 6.45) is 0. The average Bonchev–Trinajstić information content (AvgIpc) is 2.46. The second kappa shape index (κ2) is 2.14. The van der Waals surface area contributed by atoms with Gasteiger partial charge in [0.25, 0.3) is 0 Å². The van der Waals surface area contributed by atoms with Gasteiger partial charge in [-0.2, -0.15) is 5.26 Å². The van der Waals surface area contributed by atoms with E-state index in [2.05, 4.69) is 11.1 Å². The van der Waals surface area contributed by atoms with E-state index in [1.54, 1.807) is 0 Å². The fourth-order valence-electron chi connectivity index (χ4n) is 1.07. The predicted octanol–water partition coefficient (Wildman–Crippen LogP) is 1.84. The van der Waals surface area contributed by atoms with E-state index in [0.29, 0.717) is 5.69 Å². The summed E-state index contributed by atoms with van der Waals surface area (Å²) in [5.74, 6) is 0. The van der Waals surface area contributed by atoms with Gasteiger partial charge in [0.05, 0.1) is 0 Å². The molecule has 0 spiro atoms. The zero-order valence-electron chi connectivity index (χ0n) is 5.76. The van der Waals surface area contributed by atoms with E-state index in [9.17, 15) is 0 Å². The summed E-state index contributed by atoms with van der Waals surface area (Å²) >= 11 is 0. The van der Waals surface area contributed by atoms with E-state index in [4.69, 9.17) is 5.26 Å². The van der Waals surface area contributed by atoms with Crippen LogP contribution >= 0.6 is 0 Å². The van der Waals surface area contributed by atoms with Gasteiger partial charge in [-0.05, 0) is 24.3 Å². The van der Waals surface area contributed by atoms with Crippen molar-refractivity contribution in [3.63, 3.8) is 0 Å². The number of hydrogen-bond acceptors (Lipinski definition) is 1. The molecule has 0 amide bonds. The fourth-order valence-corrected chi connectivity index (χ4v) is 1.07. The Labute approximate surface area is 64.1 Å². The average molecular weight is 141 g/mol. The number of nitrogens with one attached hydrogen (secondary N) is 1. The number of fused-ring (bicyclic) bond motifs is 1. The van der Waals surface area contributed by atoms with Crippen LogP contribution in [0.1, 0.15) is 5.69 Å². The first kappa shape index (κ1) is 5.99. The third kappa shape index (κ3) is 0.870. The lowest BCUT2D eigenvalue weighted by atomic mass is 10.2. The van der Waals surface area contributed by atoms with Gasteiger partial charge >= 0.3 is 0 Å². The van der Waals surface area contributed by atoms with Crippen LogP contribution in [0.15, 0.2) is 24.3 Å². The molecule has 0 unspecified atom stereocenters. The number of aromatic amines is 1. The maximum Gasteiger partial charge on any atom is 0.118 e.